The quantitative estimate of drug-likeness (QED) is 0.850. The number of para-hydroxylation sites is 1. The maximum absolute atomic E-state index is 12.3. The highest BCUT2D eigenvalue weighted by atomic mass is 16.4. The van der Waals surface area contributed by atoms with Gasteiger partial charge in [-0.15, -0.1) is 0 Å². The van der Waals surface area contributed by atoms with Crippen LogP contribution in [0.15, 0.2) is 42.0 Å². The van der Waals surface area contributed by atoms with Crippen molar-refractivity contribution >= 4 is 17.6 Å². The standard InChI is InChI=1S/C16H19NO3/c1-10-8-11(2)14(16(19)20)13(9-10)15(18)17-12-6-4-3-5-7-12/h3-8,11,13-14H,9H2,1-2H3,(H,17,18)(H,19,20)/p-1/t11-,13-,14+/m0/s1. The van der Waals surface area contributed by atoms with Crippen LogP contribution in [0.2, 0.25) is 0 Å². The van der Waals surface area contributed by atoms with E-state index < -0.39 is 17.8 Å². The van der Waals surface area contributed by atoms with Crippen molar-refractivity contribution in [3.05, 3.63) is 42.0 Å². The van der Waals surface area contributed by atoms with Gasteiger partial charge in [-0.25, -0.2) is 0 Å². The van der Waals surface area contributed by atoms with Crippen LogP contribution in [0.25, 0.3) is 0 Å². The van der Waals surface area contributed by atoms with Gasteiger partial charge in [0.15, 0.2) is 0 Å². The van der Waals surface area contributed by atoms with E-state index in [1.54, 1.807) is 12.1 Å². The Morgan fingerprint density at radius 2 is 1.90 bits per heavy atom. The van der Waals surface area contributed by atoms with Gasteiger partial charge in [0.05, 0.1) is 5.92 Å². The molecule has 20 heavy (non-hydrogen) atoms. The summed E-state index contributed by atoms with van der Waals surface area (Å²) >= 11 is 0. The fourth-order valence-electron chi connectivity index (χ4n) is 2.85. The fraction of sp³-hybridized carbons (Fsp3) is 0.375. The number of carbonyl (C=O) groups excluding carboxylic acids is 2. The Morgan fingerprint density at radius 1 is 1.25 bits per heavy atom. The van der Waals surface area contributed by atoms with Gasteiger partial charge in [0.2, 0.25) is 5.91 Å². The molecule has 1 amide bonds. The molecule has 4 nitrogen and oxygen atoms in total. The number of rotatable bonds is 3. The number of amides is 1. The first-order chi connectivity index (χ1) is 9.49. The molecule has 3 atom stereocenters. The largest absolute Gasteiger partial charge is 0.550 e. The van der Waals surface area contributed by atoms with Crippen LogP contribution in [0.1, 0.15) is 20.3 Å². The molecule has 0 heterocycles. The van der Waals surface area contributed by atoms with Crippen LogP contribution < -0.4 is 10.4 Å². The number of hydrogen-bond acceptors (Lipinski definition) is 3. The molecule has 0 aliphatic heterocycles. The molecule has 0 saturated carbocycles. The Labute approximate surface area is 118 Å². The maximum atomic E-state index is 12.3. The molecule has 0 spiro atoms. The van der Waals surface area contributed by atoms with Crippen molar-refractivity contribution in [2.24, 2.45) is 17.8 Å². The Morgan fingerprint density at radius 3 is 2.50 bits per heavy atom. The predicted molar refractivity (Wildman–Crippen MR) is 74.6 cm³/mol. The molecule has 0 bridgehead atoms. The zero-order valence-electron chi connectivity index (χ0n) is 11.6. The lowest BCUT2D eigenvalue weighted by Crippen LogP contribution is -2.45. The molecule has 1 aromatic carbocycles. The van der Waals surface area contributed by atoms with E-state index in [1.165, 1.54) is 0 Å². The van der Waals surface area contributed by atoms with Gasteiger partial charge < -0.3 is 15.2 Å². The predicted octanol–water partition coefficient (Wildman–Crippen LogP) is 1.59. The van der Waals surface area contributed by atoms with Gasteiger partial charge in [-0.2, -0.15) is 0 Å². The van der Waals surface area contributed by atoms with Crippen molar-refractivity contribution in [3.63, 3.8) is 0 Å². The maximum Gasteiger partial charge on any atom is 0.228 e. The molecular weight excluding hydrogens is 254 g/mol. The van der Waals surface area contributed by atoms with E-state index in [0.29, 0.717) is 12.1 Å². The minimum Gasteiger partial charge on any atom is -0.550 e. The molecule has 0 fully saturated rings. The molecule has 4 heteroatoms. The van der Waals surface area contributed by atoms with E-state index in [2.05, 4.69) is 5.32 Å². The third kappa shape index (κ3) is 3.07. The molecule has 1 aliphatic rings. The summed E-state index contributed by atoms with van der Waals surface area (Å²) in [4.78, 5) is 23.7. The van der Waals surface area contributed by atoms with Crippen molar-refractivity contribution in [3.8, 4) is 0 Å². The minimum atomic E-state index is -1.16. The lowest BCUT2D eigenvalue weighted by Gasteiger charge is -2.34. The summed E-state index contributed by atoms with van der Waals surface area (Å²) in [6.45, 7) is 3.73. The number of allylic oxidation sites excluding steroid dienone is 2. The SMILES string of the molecule is CC1=C[C@H](C)[C@@H](C(=O)[O-])[C@@H](C(=O)Nc2ccccc2)C1. The van der Waals surface area contributed by atoms with Gasteiger partial charge in [0, 0.05) is 17.6 Å². The summed E-state index contributed by atoms with van der Waals surface area (Å²) in [7, 11) is 0. The van der Waals surface area contributed by atoms with Crippen LogP contribution in [-0.2, 0) is 9.59 Å². The summed E-state index contributed by atoms with van der Waals surface area (Å²) in [6, 6.07) is 9.05. The van der Waals surface area contributed by atoms with E-state index in [0.717, 1.165) is 5.57 Å². The number of hydrogen-bond donors (Lipinski definition) is 1. The molecule has 0 unspecified atom stereocenters. The average Bonchev–Trinajstić information content (AvgIpc) is 2.38. The Balaban J connectivity index is 2.18. The van der Waals surface area contributed by atoms with Crippen molar-refractivity contribution in [1.82, 2.24) is 0 Å². The summed E-state index contributed by atoms with van der Waals surface area (Å²) in [6.07, 6.45) is 2.37. The van der Waals surface area contributed by atoms with Gasteiger partial charge in [-0.05, 0) is 31.4 Å². The van der Waals surface area contributed by atoms with Gasteiger partial charge in [-0.1, -0.05) is 36.8 Å². The number of nitrogens with one attached hydrogen (secondary N) is 1. The highest BCUT2D eigenvalue weighted by Gasteiger charge is 2.35. The number of aliphatic carboxylic acids is 1. The summed E-state index contributed by atoms with van der Waals surface area (Å²) < 4.78 is 0. The first-order valence-electron chi connectivity index (χ1n) is 6.73. The topological polar surface area (TPSA) is 69.2 Å². The Kier molecular flexibility index (Phi) is 4.23. The third-order valence-electron chi connectivity index (χ3n) is 3.74. The molecule has 0 radical (unpaired) electrons. The number of carbonyl (C=O) groups is 2. The van der Waals surface area contributed by atoms with Crippen LogP contribution in [0.3, 0.4) is 0 Å². The highest BCUT2D eigenvalue weighted by Crippen LogP contribution is 2.34. The van der Waals surface area contributed by atoms with Gasteiger partial charge in [0.25, 0.3) is 0 Å². The molecule has 0 saturated heterocycles. The molecule has 2 rings (SSSR count). The van der Waals surface area contributed by atoms with Crippen LogP contribution >= 0.6 is 0 Å². The second-order valence-corrected chi connectivity index (χ2v) is 5.38. The summed E-state index contributed by atoms with van der Waals surface area (Å²) in [5.41, 5.74) is 1.72. The van der Waals surface area contributed by atoms with E-state index in [1.807, 2.05) is 38.1 Å². The van der Waals surface area contributed by atoms with Crippen LogP contribution in [0.5, 0.6) is 0 Å². The normalized spacial score (nSPS) is 25.7. The number of carboxylic acid groups (broad SMARTS) is 1. The van der Waals surface area contributed by atoms with Crippen LogP contribution in [0.4, 0.5) is 5.69 Å². The Hall–Kier alpha value is -2.10. The second kappa shape index (κ2) is 5.90. The van der Waals surface area contributed by atoms with Crippen molar-refractivity contribution < 1.29 is 14.7 Å². The first-order valence-corrected chi connectivity index (χ1v) is 6.73. The molecule has 106 valence electrons. The summed E-state index contributed by atoms with van der Waals surface area (Å²) in [5, 5.41) is 14.1. The summed E-state index contributed by atoms with van der Waals surface area (Å²) in [5.74, 6) is -2.97. The smallest absolute Gasteiger partial charge is 0.228 e. The lowest BCUT2D eigenvalue weighted by atomic mass is 9.73. The van der Waals surface area contributed by atoms with Gasteiger partial charge in [-0.3, -0.25) is 4.79 Å². The van der Waals surface area contributed by atoms with Crippen molar-refractivity contribution in [2.75, 3.05) is 5.32 Å². The van der Waals surface area contributed by atoms with E-state index in [4.69, 9.17) is 0 Å². The molecule has 1 aromatic rings. The van der Waals surface area contributed by atoms with Gasteiger partial charge in [0.1, 0.15) is 0 Å². The number of benzene rings is 1. The fourth-order valence-corrected chi connectivity index (χ4v) is 2.85. The van der Waals surface area contributed by atoms with Crippen molar-refractivity contribution in [1.29, 1.82) is 0 Å². The molecular formula is C16H18NO3-. The first kappa shape index (κ1) is 14.3. The third-order valence-corrected chi connectivity index (χ3v) is 3.74. The van der Waals surface area contributed by atoms with E-state index >= 15 is 0 Å². The van der Waals surface area contributed by atoms with E-state index in [9.17, 15) is 14.7 Å². The zero-order chi connectivity index (χ0) is 14.7. The monoisotopic (exact) mass is 272 g/mol. The number of carboxylic acids is 1. The Bertz CT molecular complexity index is 536. The molecule has 1 aliphatic carbocycles. The van der Waals surface area contributed by atoms with Crippen LogP contribution in [-0.4, -0.2) is 11.9 Å². The minimum absolute atomic E-state index is 0.194. The van der Waals surface area contributed by atoms with Gasteiger partial charge >= 0.3 is 0 Å². The second-order valence-electron chi connectivity index (χ2n) is 5.38. The van der Waals surface area contributed by atoms with Crippen LogP contribution in [0, 0.1) is 17.8 Å². The zero-order valence-corrected chi connectivity index (χ0v) is 11.6. The van der Waals surface area contributed by atoms with Crippen molar-refractivity contribution in [2.45, 2.75) is 20.3 Å². The average molecular weight is 272 g/mol. The number of anilines is 1. The lowest BCUT2D eigenvalue weighted by molar-refractivity contribution is -0.314. The highest BCUT2D eigenvalue weighted by molar-refractivity contribution is 5.95. The van der Waals surface area contributed by atoms with E-state index in [-0.39, 0.29) is 11.8 Å². The molecule has 1 N–H and O–H groups in total. The molecule has 0 aromatic heterocycles.